The van der Waals surface area contributed by atoms with Gasteiger partial charge in [-0.05, 0) is 38.0 Å². The molecule has 0 amide bonds. The van der Waals surface area contributed by atoms with Gasteiger partial charge in [-0.15, -0.1) is 0 Å². The van der Waals surface area contributed by atoms with Crippen LogP contribution in [0.1, 0.15) is 44.6 Å². The molecule has 144 valence electrons. The minimum Gasteiger partial charge on any atom is -0.504 e. The zero-order chi connectivity index (χ0) is 19.6. The molecule has 0 bridgehead atoms. The van der Waals surface area contributed by atoms with Gasteiger partial charge < -0.3 is 25.1 Å². The predicted molar refractivity (Wildman–Crippen MR) is 96.8 cm³/mol. The molecule has 0 radical (unpaired) electrons. The smallest absolute Gasteiger partial charge is 0.340 e. The standard InChI is InChI=1S/C20H23NO6/c1-3-25-15-10-11(8-9-12(15)22)16-17-13(23)6-5-7-14(17)27-19(21)18(16)20(24)26-4-2/h8-10,16,22H,3-7,21H2,1-2H3/t16-/m0/s1. The second-order valence-electron chi connectivity index (χ2n) is 6.31. The number of carbonyl (C=O) groups excluding carboxylic acids is 2. The van der Waals surface area contributed by atoms with Gasteiger partial charge in [0.05, 0.1) is 19.1 Å². The summed E-state index contributed by atoms with van der Waals surface area (Å²) >= 11 is 0. The first-order valence-corrected chi connectivity index (χ1v) is 9.04. The third kappa shape index (κ3) is 3.49. The predicted octanol–water partition coefficient (Wildman–Crippen LogP) is 2.65. The number of ketones is 1. The van der Waals surface area contributed by atoms with Crippen LogP contribution >= 0.6 is 0 Å². The van der Waals surface area contributed by atoms with Gasteiger partial charge in [0.1, 0.15) is 11.3 Å². The van der Waals surface area contributed by atoms with E-state index in [0.717, 1.165) is 0 Å². The second kappa shape index (κ2) is 7.73. The molecule has 0 saturated heterocycles. The number of allylic oxidation sites excluding steroid dienone is 2. The molecule has 7 heteroatoms. The van der Waals surface area contributed by atoms with Gasteiger partial charge in [0, 0.05) is 18.4 Å². The molecule has 1 heterocycles. The van der Waals surface area contributed by atoms with Crippen molar-refractivity contribution >= 4 is 11.8 Å². The van der Waals surface area contributed by atoms with Crippen molar-refractivity contribution in [2.24, 2.45) is 5.73 Å². The molecule has 1 aromatic rings. The number of Topliss-reactive ketones (excluding diaryl/α,β-unsaturated/α-hetero) is 1. The molecular formula is C20H23NO6. The van der Waals surface area contributed by atoms with Crippen LogP contribution in [0.3, 0.4) is 0 Å². The fourth-order valence-electron chi connectivity index (χ4n) is 3.48. The fourth-order valence-corrected chi connectivity index (χ4v) is 3.48. The lowest BCUT2D eigenvalue weighted by molar-refractivity contribution is -0.139. The Morgan fingerprint density at radius 3 is 2.78 bits per heavy atom. The molecule has 27 heavy (non-hydrogen) atoms. The van der Waals surface area contributed by atoms with Crippen molar-refractivity contribution in [2.45, 2.75) is 39.0 Å². The van der Waals surface area contributed by atoms with E-state index < -0.39 is 11.9 Å². The van der Waals surface area contributed by atoms with Gasteiger partial charge >= 0.3 is 5.97 Å². The second-order valence-corrected chi connectivity index (χ2v) is 6.31. The molecule has 0 fully saturated rings. The Balaban J connectivity index is 2.17. The van der Waals surface area contributed by atoms with E-state index in [1.165, 1.54) is 6.07 Å². The van der Waals surface area contributed by atoms with Crippen molar-refractivity contribution < 1.29 is 28.9 Å². The van der Waals surface area contributed by atoms with Gasteiger partial charge in [-0.25, -0.2) is 4.79 Å². The van der Waals surface area contributed by atoms with Crippen molar-refractivity contribution in [3.8, 4) is 11.5 Å². The van der Waals surface area contributed by atoms with E-state index in [1.807, 2.05) is 0 Å². The summed E-state index contributed by atoms with van der Waals surface area (Å²) in [6.07, 6.45) is 1.63. The van der Waals surface area contributed by atoms with Gasteiger partial charge in [-0.2, -0.15) is 0 Å². The summed E-state index contributed by atoms with van der Waals surface area (Å²) in [7, 11) is 0. The van der Waals surface area contributed by atoms with E-state index in [-0.39, 0.29) is 35.3 Å². The highest BCUT2D eigenvalue weighted by Gasteiger charge is 2.41. The van der Waals surface area contributed by atoms with Gasteiger partial charge in [0.25, 0.3) is 0 Å². The van der Waals surface area contributed by atoms with Gasteiger partial charge in [0.15, 0.2) is 17.3 Å². The first kappa shape index (κ1) is 18.8. The minimum atomic E-state index is -0.722. The third-order valence-corrected chi connectivity index (χ3v) is 4.60. The van der Waals surface area contributed by atoms with Crippen LogP contribution in [0.2, 0.25) is 0 Å². The molecule has 0 unspecified atom stereocenters. The van der Waals surface area contributed by atoms with Crippen LogP contribution in [-0.4, -0.2) is 30.1 Å². The summed E-state index contributed by atoms with van der Waals surface area (Å²) in [5, 5.41) is 10.0. The Hall–Kier alpha value is -2.96. The molecule has 0 saturated carbocycles. The number of hydrogen-bond acceptors (Lipinski definition) is 7. The maximum absolute atomic E-state index is 12.7. The van der Waals surface area contributed by atoms with Crippen LogP contribution in [0.4, 0.5) is 0 Å². The van der Waals surface area contributed by atoms with Crippen LogP contribution in [0.25, 0.3) is 0 Å². The average molecular weight is 373 g/mol. The molecule has 3 N–H and O–H groups in total. The van der Waals surface area contributed by atoms with Crippen molar-refractivity contribution in [1.82, 2.24) is 0 Å². The number of nitrogens with two attached hydrogens (primary N) is 1. The largest absolute Gasteiger partial charge is 0.504 e. The SMILES string of the molecule is CCOC(=O)C1=C(N)OC2=C(C(=O)CCC2)[C@@H]1c1ccc(O)c(OCC)c1. The van der Waals surface area contributed by atoms with Gasteiger partial charge in [0.2, 0.25) is 5.88 Å². The van der Waals surface area contributed by atoms with Gasteiger partial charge in [-0.3, -0.25) is 4.79 Å². The Labute approximate surface area is 157 Å². The maximum atomic E-state index is 12.7. The van der Waals surface area contributed by atoms with E-state index in [4.69, 9.17) is 19.9 Å². The number of aromatic hydroxyl groups is 1. The first-order chi connectivity index (χ1) is 13.0. The lowest BCUT2D eigenvalue weighted by Crippen LogP contribution is -2.31. The maximum Gasteiger partial charge on any atom is 0.340 e. The zero-order valence-electron chi connectivity index (χ0n) is 15.4. The highest BCUT2D eigenvalue weighted by molar-refractivity contribution is 6.03. The molecule has 3 rings (SSSR count). The number of hydrogen-bond donors (Lipinski definition) is 2. The Morgan fingerprint density at radius 2 is 2.07 bits per heavy atom. The number of benzene rings is 1. The highest BCUT2D eigenvalue weighted by atomic mass is 16.5. The molecule has 2 aliphatic rings. The van der Waals surface area contributed by atoms with Gasteiger partial charge in [-0.1, -0.05) is 6.07 Å². The average Bonchev–Trinajstić information content (AvgIpc) is 2.63. The molecule has 1 atom stereocenters. The van der Waals surface area contributed by atoms with Crippen LogP contribution in [0.5, 0.6) is 11.5 Å². The van der Waals surface area contributed by atoms with E-state index in [1.54, 1.807) is 26.0 Å². The Kier molecular flexibility index (Phi) is 5.39. The number of rotatable bonds is 5. The van der Waals surface area contributed by atoms with E-state index in [0.29, 0.717) is 42.8 Å². The summed E-state index contributed by atoms with van der Waals surface area (Å²) in [5.41, 5.74) is 7.17. The molecule has 0 spiro atoms. The number of phenols is 1. The van der Waals surface area contributed by atoms with Crippen molar-refractivity contribution in [1.29, 1.82) is 0 Å². The highest BCUT2D eigenvalue weighted by Crippen LogP contribution is 2.45. The van der Waals surface area contributed by atoms with Crippen LogP contribution < -0.4 is 10.5 Å². The molecular weight excluding hydrogens is 350 g/mol. The number of carbonyl (C=O) groups is 2. The van der Waals surface area contributed by atoms with Crippen LogP contribution in [-0.2, 0) is 19.1 Å². The first-order valence-electron chi connectivity index (χ1n) is 9.04. The van der Waals surface area contributed by atoms with E-state index >= 15 is 0 Å². The number of ether oxygens (including phenoxy) is 3. The van der Waals surface area contributed by atoms with E-state index in [2.05, 4.69) is 0 Å². The summed E-state index contributed by atoms with van der Waals surface area (Å²) in [5.74, 6) is -0.746. The topological polar surface area (TPSA) is 108 Å². The monoisotopic (exact) mass is 373 g/mol. The normalized spacial score (nSPS) is 19.5. The lowest BCUT2D eigenvalue weighted by Gasteiger charge is -2.32. The lowest BCUT2D eigenvalue weighted by atomic mass is 9.77. The molecule has 1 aliphatic carbocycles. The van der Waals surface area contributed by atoms with Crippen molar-refractivity contribution in [2.75, 3.05) is 13.2 Å². The molecule has 7 nitrogen and oxygen atoms in total. The van der Waals surface area contributed by atoms with Crippen LogP contribution in [0.15, 0.2) is 41.0 Å². The molecule has 0 aromatic heterocycles. The molecule has 1 aromatic carbocycles. The number of esters is 1. The third-order valence-electron chi connectivity index (χ3n) is 4.60. The fraction of sp³-hybridized carbons (Fsp3) is 0.400. The zero-order valence-corrected chi connectivity index (χ0v) is 15.4. The van der Waals surface area contributed by atoms with Crippen molar-refractivity contribution in [3.05, 3.63) is 46.6 Å². The Bertz CT molecular complexity index is 839. The van der Waals surface area contributed by atoms with E-state index in [9.17, 15) is 14.7 Å². The summed E-state index contributed by atoms with van der Waals surface area (Å²) in [6, 6.07) is 4.74. The summed E-state index contributed by atoms with van der Waals surface area (Å²) in [4.78, 5) is 25.3. The van der Waals surface area contributed by atoms with Crippen molar-refractivity contribution in [3.63, 3.8) is 0 Å². The summed E-state index contributed by atoms with van der Waals surface area (Å²) < 4.78 is 16.2. The minimum absolute atomic E-state index is 0.0218. The van der Waals surface area contributed by atoms with Crippen LogP contribution in [0, 0.1) is 0 Å². The summed E-state index contributed by atoms with van der Waals surface area (Å²) in [6.45, 7) is 4.02. The number of phenolic OH excluding ortho intramolecular Hbond substituents is 1. The molecule has 1 aliphatic heterocycles. The Morgan fingerprint density at radius 1 is 1.30 bits per heavy atom. The quantitative estimate of drug-likeness (QED) is 0.764.